The van der Waals surface area contributed by atoms with Gasteiger partial charge in [-0.15, -0.1) is 17.9 Å². The first kappa shape index (κ1) is 40.9. The summed E-state index contributed by atoms with van der Waals surface area (Å²) in [4.78, 5) is 52.6. The Hall–Kier alpha value is -5.23. The summed E-state index contributed by atoms with van der Waals surface area (Å²) in [5.41, 5.74) is -1.69. The number of fused-ring (bicyclic) bond motifs is 1. The van der Waals surface area contributed by atoms with Crippen LogP contribution in [-0.2, 0) is 30.6 Å². The molecular formula is C40H43F3N6O7S2. The van der Waals surface area contributed by atoms with Crippen molar-refractivity contribution in [3.05, 3.63) is 78.3 Å². The summed E-state index contributed by atoms with van der Waals surface area (Å²) in [5, 5.41) is 6.30. The molecule has 3 fully saturated rings. The summed E-state index contributed by atoms with van der Waals surface area (Å²) in [5.74, 6) is -1.87. The average molecular weight is 841 g/mol. The molecule has 2 aromatic heterocycles. The van der Waals surface area contributed by atoms with Crippen LogP contribution in [0.25, 0.3) is 22.2 Å². The van der Waals surface area contributed by atoms with Crippen LogP contribution in [-0.4, -0.2) is 83.6 Å². The van der Waals surface area contributed by atoms with Crippen molar-refractivity contribution in [2.24, 2.45) is 11.3 Å². The summed E-state index contributed by atoms with van der Waals surface area (Å²) < 4.78 is 80.2. The summed E-state index contributed by atoms with van der Waals surface area (Å²) in [7, 11) is -2.42. The highest BCUT2D eigenvalue weighted by molar-refractivity contribution is 7.91. The highest BCUT2D eigenvalue weighted by Crippen LogP contribution is 2.46. The third-order valence-corrected chi connectivity index (χ3v) is 13.2. The third-order valence-electron chi connectivity index (χ3n) is 10.6. The maximum atomic E-state index is 14.7. The van der Waals surface area contributed by atoms with Crippen LogP contribution in [0.4, 0.5) is 18.3 Å². The number of nitrogens with one attached hydrogen (secondary N) is 3. The van der Waals surface area contributed by atoms with Crippen LogP contribution in [0.15, 0.2) is 72.6 Å². The van der Waals surface area contributed by atoms with Gasteiger partial charge in [0.25, 0.3) is 5.91 Å². The Kier molecular flexibility index (Phi) is 10.7. The number of carbonyl (C=O) groups excluding carboxylic acids is 3. The third kappa shape index (κ3) is 8.34. The Bertz CT molecular complexity index is 2370. The topological polar surface area (TPSA) is 169 Å². The number of benzene rings is 2. The van der Waals surface area contributed by atoms with E-state index in [1.807, 2.05) is 30.3 Å². The fourth-order valence-corrected chi connectivity index (χ4v) is 9.25. The first-order valence-electron chi connectivity index (χ1n) is 18.6. The summed E-state index contributed by atoms with van der Waals surface area (Å²) >= 11 is 0.691. The molecule has 3 aliphatic rings. The van der Waals surface area contributed by atoms with Gasteiger partial charge in [-0.05, 0) is 36.8 Å². The van der Waals surface area contributed by atoms with Crippen LogP contribution in [0.1, 0.15) is 52.1 Å². The van der Waals surface area contributed by atoms with Crippen molar-refractivity contribution in [3.63, 3.8) is 0 Å². The van der Waals surface area contributed by atoms with Crippen LogP contribution in [0.5, 0.6) is 11.5 Å². The second-order valence-corrected chi connectivity index (χ2v) is 18.7. The normalized spacial score (nSPS) is 22.5. The lowest BCUT2D eigenvalue weighted by Crippen LogP contribution is -2.58. The van der Waals surface area contributed by atoms with Gasteiger partial charge in [0, 0.05) is 40.8 Å². The maximum Gasteiger partial charge on any atom is 0.434 e. The van der Waals surface area contributed by atoms with E-state index in [4.69, 9.17) is 14.5 Å². The molecule has 308 valence electrons. The van der Waals surface area contributed by atoms with Gasteiger partial charge in [-0.25, -0.2) is 18.4 Å². The monoisotopic (exact) mass is 840 g/mol. The lowest BCUT2D eigenvalue weighted by atomic mass is 9.85. The number of anilines is 1. The number of likely N-dealkylation sites (tertiary alicyclic amines) is 1. The highest BCUT2D eigenvalue weighted by Gasteiger charge is 2.62. The molecule has 2 saturated carbocycles. The predicted octanol–water partition coefficient (Wildman–Crippen LogP) is 5.93. The number of amides is 3. The number of sulfonamides is 1. The maximum absolute atomic E-state index is 14.7. The van der Waals surface area contributed by atoms with E-state index in [1.54, 1.807) is 45.0 Å². The van der Waals surface area contributed by atoms with E-state index in [0.717, 1.165) is 10.9 Å². The smallest absolute Gasteiger partial charge is 0.434 e. The number of rotatable bonds is 13. The summed E-state index contributed by atoms with van der Waals surface area (Å²) in [6.07, 6.45) is -3.17. The summed E-state index contributed by atoms with van der Waals surface area (Å²) in [6, 6.07) is 14.1. The molecule has 3 N–H and O–H groups in total. The molecule has 7 rings (SSSR count). The molecule has 58 heavy (non-hydrogen) atoms. The van der Waals surface area contributed by atoms with Crippen LogP contribution in [0, 0.1) is 11.3 Å². The van der Waals surface area contributed by atoms with Gasteiger partial charge in [0.05, 0.1) is 30.1 Å². The van der Waals surface area contributed by atoms with Gasteiger partial charge in [0.15, 0.2) is 10.8 Å². The molecule has 1 aliphatic heterocycles. The number of hydrogen-bond donors (Lipinski definition) is 3. The molecular weight excluding hydrogens is 798 g/mol. The molecule has 3 unspecified atom stereocenters. The zero-order chi connectivity index (χ0) is 41.8. The minimum Gasteiger partial charge on any atom is -0.497 e. The molecule has 3 heterocycles. The van der Waals surface area contributed by atoms with Gasteiger partial charge in [0.2, 0.25) is 21.8 Å². The molecule has 5 atom stereocenters. The number of aromatic nitrogens is 2. The quantitative estimate of drug-likeness (QED) is 0.137. The molecule has 1 saturated heterocycles. The van der Waals surface area contributed by atoms with Crippen molar-refractivity contribution in [2.75, 3.05) is 19.0 Å². The Morgan fingerprint density at radius 2 is 1.79 bits per heavy atom. The van der Waals surface area contributed by atoms with Crippen LogP contribution >= 0.6 is 11.3 Å². The second kappa shape index (κ2) is 15.2. The Morgan fingerprint density at radius 1 is 1.07 bits per heavy atom. The number of pyridine rings is 1. The SMILES string of the molecule is C=C[C@@H]1C[C@]1(NC(=O)C1CC(Oc2cc(-c3ccccc3)nc3cc(OC)ccc23)CN1C(=O)C(Nc1nc(C(F)(F)F)cs1)C(C)(C)C)C(=O)NS(=O)(=O)C1CC1. The van der Waals surface area contributed by atoms with Crippen molar-refractivity contribution in [1.29, 1.82) is 0 Å². The number of methoxy groups -OCH3 is 1. The zero-order valence-corrected chi connectivity index (χ0v) is 33.8. The molecule has 13 nitrogen and oxygen atoms in total. The van der Waals surface area contributed by atoms with Crippen molar-refractivity contribution in [1.82, 2.24) is 24.9 Å². The number of nitrogens with zero attached hydrogens (tertiary/aromatic N) is 3. The standard InChI is InChI=1S/C40H43F3N6O7S2/c1-6-23-19-39(23,36(52)48-58(53,54)26-13-14-26)47-34(50)30-17-25(20-49(30)35(51)33(38(2,3)4)46-37-45-32(21-57-37)40(41,42)43)56-31-18-28(22-10-8-7-9-11-22)44-29-16-24(55-5)12-15-27(29)31/h6-12,15-16,18,21,23,25-26,30,33H,1,13-14,17,19-20H2,2-5H3,(H,45,46)(H,47,50)(H,48,52)/t23-,25?,30?,33?,39-/m1/s1. The van der Waals surface area contributed by atoms with E-state index in [1.165, 1.54) is 18.1 Å². The minimum absolute atomic E-state index is 0.0542. The Balaban J connectivity index is 1.23. The van der Waals surface area contributed by atoms with Crippen LogP contribution in [0.2, 0.25) is 0 Å². The molecule has 0 spiro atoms. The molecule has 2 aliphatic carbocycles. The Labute approximate surface area is 337 Å². The lowest BCUT2D eigenvalue weighted by molar-refractivity contribution is -0.141. The van der Waals surface area contributed by atoms with Gasteiger partial charge >= 0.3 is 6.18 Å². The fourth-order valence-electron chi connectivity index (χ4n) is 7.14. The minimum atomic E-state index is -4.70. The van der Waals surface area contributed by atoms with Gasteiger partial charge < -0.3 is 25.0 Å². The molecule has 18 heteroatoms. The Morgan fingerprint density at radius 3 is 2.40 bits per heavy atom. The van der Waals surface area contributed by atoms with Crippen molar-refractivity contribution in [2.45, 2.75) is 81.6 Å². The first-order chi connectivity index (χ1) is 27.3. The van der Waals surface area contributed by atoms with Crippen molar-refractivity contribution in [3.8, 4) is 22.8 Å². The number of ether oxygens (including phenoxy) is 2. The first-order valence-corrected chi connectivity index (χ1v) is 21.1. The van der Waals surface area contributed by atoms with Crippen LogP contribution < -0.4 is 24.8 Å². The van der Waals surface area contributed by atoms with E-state index < -0.39 is 79.9 Å². The number of hydrogen-bond acceptors (Lipinski definition) is 11. The van der Waals surface area contributed by atoms with Gasteiger partial charge in [0.1, 0.15) is 35.2 Å². The number of alkyl halides is 3. The molecule has 4 aromatic rings. The highest BCUT2D eigenvalue weighted by atomic mass is 32.2. The number of thiazole rings is 1. The fraction of sp³-hybridized carbons (Fsp3) is 0.425. The van der Waals surface area contributed by atoms with E-state index in [9.17, 15) is 36.0 Å². The second-order valence-electron chi connectivity index (χ2n) is 15.9. The zero-order valence-electron chi connectivity index (χ0n) is 32.1. The van der Waals surface area contributed by atoms with Gasteiger partial charge in [-0.1, -0.05) is 57.2 Å². The number of halogens is 3. The van der Waals surface area contributed by atoms with Crippen molar-refractivity contribution >= 4 is 55.1 Å². The average Bonchev–Trinajstić information content (AvgIpc) is 4.06. The van der Waals surface area contributed by atoms with Gasteiger partial charge in [-0.3, -0.25) is 19.1 Å². The van der Waals surface area contributed by atoms with E-state index in [2.05, 4.69) is 26.9 Å². The largest absolute Gasteiger partial charge is 0.497 e. The molecule has 0 radical (unpaired) electrons. The lowest BCUT2D eigenvalue weighted by Gasteiger charge is -2.35. The van der Waals surface area contributed by atoms with E-state index >= 15 is 0 Å². The van der Waals surface area contributed by atoms with Crippen LogP contribution in [0.3, 0.4) is 0 Å². The predicted molar refractivity (Wildman–Crippen MR) is 212 cm³/mol. The molecule has 3 amide bonds. The number of carbonyl (C=O) groups is 3. The molecule has 2 aromatic carbocycles. The van der Waals surface area contributed by atoms with Gasteiger partial charge in [-0.2, -0.15) is 13.2 Å². The summed E-state index contributed by atoms with van der Waals surface area (Å²) in [6.45, 7) is 8.80. The van der Waals surface area contributed by atoms with Crippen molar-refractivity contribution < 1.29 is 45.4 Å². The molecule has 0 bridgehead atoms. The van der Waals surface area contributed by atoms with E-state index in [0.29, 0.717) is 52.3 Å². The van der Waals surface area contributed by atoms with E-state index in [-0.39, 0.29) is 24.5 Å².